The lowest BCUT2D eigenvalue weighted by atomic mass is 10.0. The van der Waals surface area contributed by atoms with Gasteiger partial charge in [0.15, 0.2) is 0 Å². The fourth-order valence-electron chi connectivity index (χ4n) is 2.73. The van der Waals surface area contributed by atoms with Gasteiger partial charge in [-0.25, -0.2) is 0 Å². The van der Waals surface area contributed by atoms with Crippen LogP contribution in [-0.2, 0) is 0 Å². The van der Waals surface area contributed by atoms with Gasteiger partial charge in [0.2, 0.25) is 0 Å². The van der Waals surface area contributed by atoms with Gasteiger partial charge in [-0.1, -0.05) is 35.3 Å². The lowest BCUT2D eigenvalue weighted by Gasteiger charge is -2.35. The second-order valence-corrected chi connectivity index (χ2v) is 6.21. The van der Waals surface area contributed by atoms with Crippen LogP contribution in [0.1, 0.15) is 26.2 Å². The lowest BCUT2D eigenvalue weighted by molar-refractivity contribution is 0.122. The van der Waals surface area contributed by atoms with Crippen LogP contribution < -0.4 is 10.1 Å². The molecule has 0 amide bonds. The molecule has 0 saturated carbocycles. The average molecular weight is 341 g/mol. The highest BCUT2D eigenvalue weighted by atomic mass is 79.9. The summed E-state index contributed by atoms with van der Waals surface area (Å²) in [6.45, 7) is 7.31. The minimum atomic E-state index is 0.676. The Bertz CT molecular complexity index is 400. The molecule has 1 fully saturated rings. The second-order valence-electron chi connectivity index (χ2n) is 5.30. The molecular weight excluding hydrogens is 316 g/mol. The van der Waals surface area contributed by atoms with Crippen LogP contribution in [0, 0.1) is 0 Å². The molecule has 3 nitrogen and oxygen atoms in total. The molecule has 20 heavy (non-hydrogen) atoms. The number of likely N-dealkylation sites (tertiary alicyclic amines) is 1. The number of likely N-dealkylation sites (N-methyl/N-ethyl adjacent to an activating group) is 1. The third-order valence-electron chi connectivity index (χ3n) is 3.82. The van der Waals surface area contributed by atoms with E-state index in [9.17, 15) is 0 Å². The van der Waals surface area contributed by atoms with Gasteiger partial charge in [0.05, 0.1) is 0 Å². The maximum absolute atomic E-state index is 5.85. The van der Waals surface area contributed by atoms with Crippen LogP contribution in [0.5, 0.6) is 5.75 Å². The highest BCUT2D eigenvalue weighted by Crippen LogP contribution is 2.19. The molecule has 1 saturated heterocycles. The zero-order valence-electron chi connectivity index (χ0n) is 12.3. The van der Waals surface area contributed by atoms with E-state index in [2.05, 4.69) is 33.1 Å². The van der Waals surface area contributed by atoms with E-state index in [0.717, 1.165) is 36.5 Å². The maximum Gasteiger partial charge on any atom is 0.120 e. The highest BCUT2D eigenvalue weighted by Gasteiger charge is 2.21. The van der Waals surface area contributed by atoms with Crippen molar-refractivity contribution in [3.8, 4) is 5.75 Å². The minimum Gasteiger partial charge on any atom is -0.492 e. The summed E-state index contributed by atoms with van der Waals surface area (Å²) in [5, 5.41) is 3.47. The first kappa shape index (κ1) is 15.8. The highest BCUT2D eigenvalue weighted by molar-refractivity contribution is 9.10. The van der Waals surface area contributed by atoms with E-state index >= 15 is 0 Å². The van der Waals surface area contributed by atoms with Crippen LogP contribution in [0.3, 0.4) is 0 Å². The minimum absolute atomic E-state index is 0.676. The van der Waals surface area contributed by atoms with E-state index in [1.807, 2.05) is 24.3 Å². The normalized spacial score (nSPS) is 20.0. The maximum atomic E-state index is 5.85. The fraction of sp³-hybridized carbons (Fsp3) is 0.625. The zero-order chi connectivity index (χ0) is 14.2. The Morgan fingerprint density at radius 2 is 2.30 bits per heavy atom. The molecule has 1 unspecified atom stereocenters. The number of ether oxygens (including phenoxy) is 1. The number of halogens is 1. The number of hydrogen-bond donors (Lipinski definition) is 1. The van der Waals surface area contributed by atoms with Crippen molar-refractivity contribution in [2.45, 2.75) is 32.2 Å². The molecule has 1 aliphatic rings. The SMILES string of the molecule is CCNCC1CCCCN1CCOc1cccc(Br)c1. The average Bonchev–Trinajstić information content (AvgIpc) is 2.46. The van der Waals surface area contributed by atoms with E-state index < -0.39 is 0 Å². The topological polar surface area (TPSA) is 24.5 Å². The number of piperidine rings is 1. The van der Waals surface area contributed by atoms with Crippen molar-refractivity contribution in [3.63, 3.8) is 0 Å². The Labute approximate surface area is 130 Å². The molecule has 1 atom stereocenters. The molecule has 1 aliphatic heterocycles. The number of rotatable bonds is 7. The number of hydrogen-bond acceptors (Lipinski definition) is 3. The smallest absolute Gasteiger partial charge is 0.120 e. The molecule has 1 N–H and O–H groups in total. The Morgan fingerprint density at radius 3 is 3.10 bits per heavy atom. The van der Waals surface area contributed by atoms with Gasteiger partial charge in [-0.15, -0.1) is 0 Å². The Morgan fingerprint density at radius 1 is 1.40 bits per heavy atom. The van der Waals surface area contributed by atoms with Gasteiger partial charge in [0.1, 0.15) is 12.4 Å². The molecule has 4 heteroatoms. The molecule has 0 aliphatic carbocycles. The van der Waals surface area contributed by atoms with E-state index in [4.69, 9.17) is 4.74 Å². The summed E-state index contributed by atoms with van der Waals surface area (Å²) in [7, 11) is 0. The van der Waals surface area contributed by atoms with E-state index in [1.54, 1.807) is 0 Å². The fourth-order valence-corrected chi connectivity index (χ4v) is 3.11. The molecule has 1 heterocycles. The van der Waals surface area contributed by atoms with Gasteiger partial charge in [-0.3, -0.25) is 4.90 Å². The largest absolute Gasteiger partial charge is 0.492 e. The van der Waals surface area contributed by atoms with E-state index in [-0.39, 0.29) is 0 Å². The zero-order valence-corrected chi connectivity index (χ0v) is 13.9. The van der Waals surface area contributed by atoms with Crippen LogP contribution in [0.15, 0.2) is 28.7 Å². The molecule has 1 aromatic rings. The number of nitrogens with one attached hydrogen (secondary N) is 1. The standard InChI is InChI=1S/C16H25BrN2O/c1-2-18-13-15-7-3-4-9-19(15)10-11-20-16-8-5-6-14(17)12-16/h5-6,8,12,15,18H,2-4,7,9-11,13H2,1H3. The van der Waals surface area contributed by atoms with Gasteiger partial charge >= 0.3 is 0 Å². The number of benzene rings is 1. The second kappa shape index (κ2) is 8.65. The first-order chi connectivity index (χ1) is 9.79. The lowest BCUT2D eigenvalue weighted by Crippen LogP contribution is -2.46. The van der Waals surface area contributed by atoms with Gasteiger partial charge in [-0.05, 0) is 44.1 Å². The predicted octanol–water partition coefficient (Wildman–Crippen LogP) is 3.29. The predicted molar refractivity (Wildman–Crippen MR) is 87.4 cm³/mol. The Balaban J connectivity index is 1.76. The van der Waals surface area contributed by atoms with Gasteiger partial charge in [0, 0.05) is 23.6 Å². The van der Waals surface area contributed by atoms with E-state index in [0.29, 0.717) is 6.04 Å². The molecule has 1 aromatic carbocycles. The summed E-state index contributed by atoms with van der Waals surface area (Å²) in [5.74, 6) is 0.944. The van der Waals surface area contributed by atoms with Crippen LogP contribution in [0.25, 0.3) is 0 Å². The Hall–Kier alpha value is -0.580. The third kappa shape index (κ3) is 5.08. The van der Waals surface area contributed by atoms with Gasteiger partial charge < -0.3 is 10.1 Å². The summed E-state index contributed by atoms with van der Waals surface area (Å²) in [6, 6.07) is 8.73. The van der Waals surface area contributed by atoms with Crippen LogP contribution in [0.4, 0.5) is 0 Å². The van der Waals surface area contributed by atoms with Crippen molar-refractivity contribution < 1.29 is 4.74 Å². The van der Waals surface area contributed by atoms with Gasteiger partial charge in [0.25, 0.3) is 0 Å². The first-order valence-electron chi connectivity index (χ1n) is 7.62. The quantitative estimate of drug-likeness (QED) is 0.824. The van der Waals surface area contributed by atoms with Crippen molar-refractivity contribution in [1.29, 1.82) is 0 Å². The first-order valence-corrected chi connectivity index (χ1v) is 8.42. The monoisotopic (exact) mass is 340 g/mol. The summed E-state index contributed by atoms with van der Waals surface area (Å²) in [4.78, 5) is 2.57. The van der Waals surface area contributed by atoms with Crippen LogP contribution in [0.2, 0.25) is 0 Å². The van der Waals surface area contributed by atoms with Crippen molar-refractivity contribution >= 4 is 15.9 Å². The molecule has 2 rings (SSSR count). The molecule has 0 spiro atoms. The molecular formula is C16H25BrN2O. The summed E-state index contributed by atoms with van der Waals surface area (Å²) < 4.78 is 6.92. The Kier molecular flexibility index (Phi) is 6.83. The summed E-state index contributed by atoms with van der Waals surface area (Å²) in [5.41, 5.74) is 0. The van der Waals surface area contributed by atoms with Crippen molar-refractivity contribution in [2.75, 3.05) is 32.8 Å². The summed E-state index contributed by atoms with van der Waals surface area (Å²) >= 11 is 3.47. The van der Waals surface area contributed by atoms with Crippen molar-refractivity contribution in [2.24, 2.45) is 0 Å². The molecule has 0 bridgehead atoms. The molecule has 112 valence electrons. The van der Waals surface area contributed by atoms with Crippen molar-refractivity contribution in [1.82, 2.24) is 10.2 Å². The van der Waals surface area contributed by atoms with E-state index in [1.165, 1.54) is 25.8 Å². The molecule has 0 radical (unpaired) electrons. The number of nitrogens with zero attached hydrogens (tertiary/aromatic N) is 1. The van der Waals surface area contributed by atoms with Crippen LogP contribution in [-0.4, -0.2) is 43.7 Å². The van der Waals surface area contributed by atoms with Crippen LogP contribution >= 0.6 is 15.9 Å². The molecule has 0 aromatic heterocycles. The summed E-state index contributed by atoms with van der Waals surface area (Å²) in [6.07, 6.45) is 3.99. The van der Waals surface area contributed by atoms with Crippen molar-refractivity contribution in [3.05, 3.63) is 28.7 Å². The van der Waals surface area contributed by atoms with Gasteiger partial charge in [-0.2, -0.15) is 0 Å². The third-order valence-corrected chi connectivity index (χ3v) is 4.32.